The Morgan fingerprint density at radius 3 is 2.62 bits per heavy atom. The zero-order valence-electron chi connectivity index (χ0n) is 14.7. The van der Waals surface area contributed by atoms with Gasteiger partial charge >= 0.3 is 0 Å². The van der Waals surface area contributed by atoms with Crippen molar-refractivity contribution in [1.29, 1.82) is 5.26 Å². The van der Waals surface area contributed by atoms with Crippen molar-refractivity contribution < 1.29 is 14.3 Å². The van der Waals surface area contributed by atoms with Crippen molar-refractivity contribution in [1.82, 2.24) is 9.80 Å². The standard InChI is InChI=1S/C18H27N3O3/c1-20(2)16(22)14-9-13-10-21(8-5-15(13)24-11-14)17(23)18(12-19)6-3-4-7-18/h13-15H,3-11H2,1-2H3/t13-,14-,15+/m0/s1. The van der Waals surface area contributed by atoms with Gasteiger partial charge in [0.05, 0.1) is 24.7 Å². The van der Waals surface area contributed by atoms with Crippen LogP contribution in [0.4, 0.5) is 0 Å². The van der Waals surface area contributed by atoms with Crippen molar-refractivity contribution in [3.8, 4) is 6.07 Å². The molecule has 3 aliphatic rings. The summed E-state index contributed by atoms with van der Waals surface area (Å²) >= 11 is 0. The summed E-state index contributed by atoms with van der Waals surface area (Å²) < 4.78 is 5.92. The first-order valence-corrected chi connectivity index (χ1v) is 9.00. The summed E-state index contributed by atoms with van der Waals surface area (Å²) in [6.45, 7) is 1.76. The van der Waals surface area contributed by atoms with Crippen LogP contribution in [0.15, 0.2) is 0 Å². The molecule has 1 saturated carbocycles. The molecule has 2 amide bonds. The second-order valence-electron chi connectivity index (χ2n) is 7.74. The average Bonchev–Trinajstić information content (AvgIpc) is 3.09. The maximum atomic E-state index is 12.9. The Bertz CT molecular complexity index is 548. The number of carbonyl (C=O) groups excluding carboxylic acids is 2. The molecule has 2 aliphatic heterocycles. The number of rotatable bonds is 2. The van der Waals surface area contributed by atoms with Crippen LogP contribution in [0.1, 0.15) is 38.5 Å². The van der Waals surface area contributed by atoms with E-state index in [1.54, 1.807) is 19.0 Å². The molecule has 0 aromatic rings. The summed E-state index contributed by atoms with van der Waals surface area (Å²) in [6, 6.07) is 2.31. The van der Waals surface area contributed by atoms with Crippen molar-refractivity contribution >= 4 is 11.8 Å². The molecular formula is C18H27N3O3. The lowest BCUT2D eigenvalue weighted by Crippen LogP contribution is -2.54. The number of nitriles is 1. The summed E-state index contributed by atoms with van der Waals surface area (Å²) in [4.78, 5) is 28.6. The monoisotopic (exact) mass is 333 g/mol. The number of hydrogen-bond acceptors (Lipinski definition) is 4. The van der Waals surface area contributed by atoms with Crippen molar-refractivity contribution in [3.63, 3.8) is 0 Å². The van der Waals surface area contributed by atoms with Crippen LogP contribution in [0.25, 0.3) is 0 Å². The molecule has 3 fully saturated rings. The minimum Gasteiger partial charge on any atom is -0.377 e. The Hall–Kier alpha value is -1.61. The van der Waals surface area contributed by atoms with E-state index >= 15 is 0 Å². The highest BCUT2D eigenvalue weighted by molar-refractivity contribution is 5.86. The molecule has 3 atom stereocenters. The first-order chi connectivity index (χ1) is 11.5. The Balaban J connectivity index is 1.67. The fraction of sp³-hybridized carbons (Fsp3) is 0.833. The molecular weight excluding hydrogens is 306 g/mol. The Morgan fingerprint density at radius 1 is 1.29 bits per heavy atom. The summed E-state index contributed by atoms with van der Waals surface area (Å²) in [7, 11) is 3.53. The molecule has 0 aromatic carbocycles. The molecule has 3 rings (SSSR count). The molecule has 0 N–H and O–H groups in total. The van der Waals surface area contributed by atoms with E-state index in [4.69, 9.17) is 4.74 Å². The van der Waals surface area contributed by atoms with Crippen molar-refractivity contribution in [2.24, 2.45) is 17.3 Å². The lowest BCUT2D eigenvalue weighted by Gasteiger charge is -2.44. The summed E-state index contributed by atoms with van der Waals surface area (Å²) in [5, 5.41) is 9.55. The molecule has 2 heterocycles. The van der Waals surface area contributed by atoms with E-state index in [2.05, 4.69) is 6.07 Å². The van der Waals surface area contributed by atoms with Crippen LogP contribution in [-0.2, 0) is 14.3 Å². The van der Waals surface area contributed by atoms with E-state index in [1.165, 1.54) is 0 Å². The average molecular weight is 333 g/mol. The van der Waals surface area contributed by atoms with Crippen LogP contribution in [0.2, 0.25) is 0 Å². The molecule has 1 aliphatic carbocycles. The van der Waals surface area contributed by atoms with Gasteiger partial charge in [-0.05, 0) is 25.7 Å². The maximum absolute atomic E-state index is 12.9. The molecule has 6 heteroatoms. The normalized spacial score (nSPS) is 31.9. The van der Waals surface area contributed by atoms with Gasteiger partial charge in [-0.2, -0.15) is 5.26 Å². The van der Waals surface area contributed by atoms with Gasteiger partial charge in [0.2, 0.25) is 11.8 Å². The van der Waals surface area contributed by atoms with E-state index in [-0.39, 0.29) is 29.8 Å². The summed E-state index contributed by atoms with van der Waals surface area (Å²) in [5.41, 5.74) is -0.804. The number of nitrogens with zero attached hydrogens (tertiary/aromatic N) is 3. The molecule has 2 saturated heterocycles. The number of likely N-dealkylation sites (tertiary alicyclic amines) is 1. The van der Waals surface area contributed by atoms with Gasteiger partial charge in [0.1, 0.15) is 5.41 Å². The van der Waals surface area contributed by atoms with Gasteiger partial charge in [-0.15, -0.1) is 0 Å². The van der Waals surface area contributed by atoms with Crippen LogP contribution in [0, 0.1) is 28.6 Å². The first kappa shape index (κ1) is 17.2. The second-order valence-corrected chi connectivity index (χ2v) is 7.74. The van der Waals surface area contributed by atoms with E-state index in [9.17, 15) is 14.9 Å². The van der Waals surface area contributed by atoms with Gasteiger partial charge in [-0.25, -0.2) is 0 Å². The number of hydrogen-bond donors (Lipinski definition) is 0. The van der Waals surface area contributed by atoms with E-state index in [1.807, 2.05) is 4.90 Å². The smallest absolute Gasteiger partial charge is 0.243 e. The number of amides is 2. The molecule has 6 nitrogen and oxygen atoms in total. The zero-order chi connectivity index (χ0) is 17.3. The van der Waals surface area contributed by atoms with E-state index < -0.39 is 5.41 Å². The third-order valence-electron chi connectivity index (χ3n) is 5.92. The van der Waals surface area contributed by atoms with Gasteiger partial charge in [0.15, 0.2) is 0 Å². The van der Waals surface area contributed by atoms with Crippen molar-refractivity contribution in [2.75, 3.05) is 33.8 Å². The Morgan fingerprint density at radius 2 is 2.00 bits per heavy atom. The maximum Gasteiger partial charge on any atom is 0.243 e. The summed E-state index contributed by atoms with van der Waals surface area (Å²) in [6.07, 6.45) is 5.01. The van der Waals surface area contributed by atoms with Gasteiger partial charge in [0, 0.05) is 33.1 Å². The SMILES string of the molecule is CN(C)C(=O)[C@@H]1CO[C@@H]2CCN(C(=O)C3(C#N)CCCC3)C[C@@H]2C1. The lowest BCUT2D eigenvalue weighted by atomic mass is 9.81. The predicted octanol–water partition coefficient (Wildman–Crippen LogP) is 1.41. The fourth-order valence-electron chi connectivity index (χ4n) is 4.51. The molecule has 132 valence electrons. The second kappa shape index (κ2) is 6.72. The zero-order valence-corrected chi connectivity index (χ0v) is 14.7. The van der Waals surface area contributed by atoms with Crippen molar-refractivity contribution in [2.45, 2.75) is 44.6 Å². The van der Waals surface area contributed by atoms with Crippen LogP contribution < -0.4 is 0 Å². The Kier molecular flexibility index (Phi) is 4.82. The number of piperidine rings is 1. The van der Waals surface area contributed by atoms with Gasteiger partial charge in [0.25, 0.3) is 0 Å². The number of ether oxygens (including phenoxy) is 1. The fourth-order valence-corrected chi connectivity index (χ4v) is 4.51. The third kappa shape index (κ3) is 3.02. The van der Waals surface area contributed by atoms with Gasteiger partial charge in [-0.1, -0.05) is 12.8 Å². The molecule has 0 unspecified atom stereocenters. The first-order valence-electron chi connectivity index (χ1n) is 9.00. The highest BCUT2D eigenvalue weighted by Crippen LogP contribution is 2.41. The topological polar surface area (TPSA) is 73.6 Å². The highest BCUT2D eigenvalue weighted by atomic mass is 16.5. The number of fused-ring (bicyclic) bond motifs is 1. The van der Waals surface area contributed by atoms with Crippen LogP contribution in [0.5, 0.6) is 0 Å². The van der Waals surface area contributed by atoms with Crippen molar-refractivity contribution in [3.05, 3.63) is 0 Å². The highest BCUT2D eigenvalue weighted by Gasteiger charge is 2.47. The Labute approximate surface area is 143 Å². The van der Waals surface area contributed by atoms with Crippen LogP contribution in [0.3, 0.4) is 0 Å². The van der Waals surface area contributed by atoms with Crippen LogP contribution >= 0.6 is 0 Å². The van der Waals surface area contributed by atoms with Gasteiger partial charge < -0.3 is 14.5 Å². The lowest BCUT2D eigenvalue weighted by molar-refractivity contribution is -0.153. The molecule has 24 heavy (non-hydrogen) atoms. The molecule has 0 spiro atoms. The third-order valence-corrected chi connectivity index (χ3v) is 5.92. The predicted molar refractivity (Wildman–Crippen MR) is 87.7 cm³/mol. The molecule has 0 aromatic heterocycles. The van der Waals surface area contributed by atoms with E-state index in [0.717, 1.165) is 25.7 Å². The number of carbonyl (C=O) groups is 2. The largest absolute Gasteiger partial charge is 0.377 e. The van der Waals surface area contributed by atoms with E-state index in [0.29, 0.717) is 32.5 Å². The minimum atomic E-state index is -0.804. The molecule has 0 radical (unpaired) electrons. The minimum absolute atomic E-state index is 0.00186. The van der Waals surface area contributed by atoms with Gasteiger partial charge in [-0.3, -0.25) is 9.59 Å². The van der Waals surface area contributed by atoms with Crippen LogP contribution in [-0.4, -0.2) is 61.5 Å². The molecule has 0 bridgehead atoms. The quantitative estimate of drug-likeness (QED) is 0.766. The summed E-state index contributed by atoms with van der Waals surface area (Å²) in [5.74, 6) is 0.179.